The Kier molecular flexibility index (Phi) is 5.70. The quantitative estimate of drug-likeness (QED) is 0.472. The van der Waals surface area contributed by atoms with Crippen molar-refractivity contribution in [1.82, 2.24) is 19.7 Å². The van der Waals surface area contributed by atoms with Gasteiger partial charge in [-0.3, -0.25) is 9.78 Å². The van der Waals surface area contributed by atoms with Crippen molar-refractivity contribution in [1.29, 1.82) is 0 Å². The molecule has 0 radical (unpaired) electrons. The molecule has 0 saturated heterocycles. The van der Waals surface area contributed by atoms with Crippen LogP contribution >= 0.6 is 0 Å². The monoisotopic (exact) mass is 396 g/mol. The van der Waals surface area contributed by atoms with Crippen molar-refractivity contribution in [2.45, 2.75) is 19.9 Å². The van der Waals surface area contributed by atoms with Gasteiger partial charge in [0.15, 0.2) is 0 Å². The number of hydrogen-bond acceptors (Lipinski definition) is 3. The lowest BCUT2D eigenvalue weighted by molar-refractivity contribution is 0.0786. The highest BCUT2D eigenvalue weighted by atomic mass is 16.2. The first-order valence-corrected chi connectivity index (χ1v) is 10.0. The minimum atomic E-state index is -0.0735. The van der Waals surface area contributed by atoms with Crippen LogP contribution in [-0.2, 0) is 13.0 Å². The van der Waals surface area contributed by atoms with Gasteiger partial charge in [-0.2, -0.15) is 5.10 Å². The van der Waals surface area contributed by atoms with E-state index in [0.717, 1.165) is 23.2 Å². The summed E-state index contributed by atoms with van der Waals surface area (Å²) in [5.74, 6) is -0.0735. The van der Waals surface area contributed by atoms with Gasteiger partial charge in [-0.05, 0) is 41.8 Å². The van der Waals surface area contributed by atoms with E-state index in [-0.39, 0.29) is 5.91 Å². The average Bonchev–Trinajstić information content (AvgIpc) is 3.26. The number of carbonyl (C=O) groups is 1. The third-order valence-electron chi connectivity index (χ3n) is 5.10. The Morgan fingerprint density at radius 3 is 2.37 bits per heavy atom. The molecule has 2 heterocycles. The second-order valence-corrected chi connectivity index (χ2v) is 7.24. The lowest BCUT2D eigenvalue weighted by Gasteiger charge is -2.17. The van der Waals surface area contributed by atoms with Crippen LogP contribution < -0.4 is 0 Å². The minimum absolute atomic E-state index is 0.0735. The van der Waals surface area contributed by atoms with Crippen LogP contribution in [0.2, 0.25) is 0 Å². The number of hydrogen-bond donors (Lipinski definition) is 0. The highest BCUT2D eigenvalue weighted by Gasteiger charge is 2.22. The Bertz CT molecular complexity index is 1120. The van der Waals surface area contributed by atoms with Crippen LogP contribution in [0.1, 0.15) is 28.4 Å². The van der Waals surface area contributed by atoms with E-state index in [1.807, 2.05) is 49.5 Å². The van der Waals surface area contributed by atoms with Gasteiger partial charge in [0.05, 0.1) is 11.3 Å². The number of pyridine rings is 1. The number of benzene rings is 2. The molecular weight excluding hydrogens is 372 g/mol. The second-order valence-electron chi connectivity index (χ2n) is 7.24. The van der Waals surface area contributed by atoms with E-state index in [1.165, 1.54) is 5.56 Å². The molecule has 1 amide bonds. The summed E-state index contributed by atoms with van der Waals surface area (Å²) in [5.41, 5.74) is 5.29. The van der Waals surface area contributed by atoms with Crippen LogP contribution in [0.4, 0.5) is 0 Å². The molecule has 150 valence electrons. The number of aromatic nitrogens is 3. The van der Waals surface area contributed by atoms with Crippen molar-refractivity contribution in [2.24, 2.45) is 0 Å². The van der Waals surface area contributed by atoms with E-state index in [1.54, 1.807) is 28.2 Å². The van der Waals surface area contributed by atoms with E-state index in [9.17, 15) is 4.79 Å². The van der Waals surface area contributed by atoms with Gasteiger partial charge in [-0.25, -0.2) is 4.68 Å². The van der Waals surface area contributed by atoms with E-state index < -0.39 is 0 Å². The zero-order valence-corrected chi connectivity index (χ0v) is 17.2. The van der Waals surface area contributed by atoms with Gasteiger partial charge in [-0.15, -0.1) is 0 Å². The lowest BCUT2D eigenvalue weighted by Crippen LogP contribution is -2.26. The lowest BCUT2D eigenvalue weighted by atomic mass is 10.1. The zero-order valence-electron chi connectivity index (χ0n) is 17.2. The highest BCUT2D eigenvalue weighted by Crippen LogP contribution is 2.24. The number of carbonyl (C=O) groups excluding carboxylic acids is 1. The molecule has 0 fully saturated rings. The van der Waals surface area contributed by atoms with E-state index in [4.69, 9.17) is 5.10 Å². The SMILES string of the molecule is CCc1ccc(CN(C)C(=O)c2cn(-c3ccccc3)nc2-c2cccnc2)cc1. The van der Waals surface area contributed by atoms with Gasteiger partial charge in [0, 0.05) is 37.7 Å². The maximum absolute atomic E-state index is 13.4. The minimum Gasteiger partial charge on any atom is -0.337 e. The molecule has 0 spiro atoms. The molecule has 4 aromatic rings. The molecule has 0 aliphatic rings. The van der Waals surface area contributed by atoms with Gasteiger partial charge in [-0.1, -0.05) is 49.4 Å². The summed E-state index contributed by atoms with van der Waals surface area (Å²) in [6.45, 7) is 2.67. The summed E-state index contributed by atoms with van der Waals surface area (Å²) < 4.78 is 1.75. The van der Waals surface area contributed by atoms with Crippen LogP contribution in [0.5, 0.6) is 0 Å². The fraction of sp³-hybridized carbons (Fsp3) is 0.160. The van der Waals surface area contributed by atoms with Crippen molar-refractivity contribution in [3.8, 4) is 16.9 Å². The summed E-state index contributed by atoms with van der Waals surface area (Å²) in [5, 5.41) is 4.71. The van der Waals surface area contributed by atoms with Crippen LogP contribution in [0.25, 0.3) is 16.9 Å². The number of nitrogens with zero attached hydrogens (tertiary/aromatic N) is 4. The van der Waals surface area contributed by atoms with Gasteiger partial charge >= 0.3 is 0 Å². The van der Waals surface area contributed by atoms with Crippen LogP contribution in [0.15, 0.2) is 85.3 Å². The second kappa shape index (κ2) is 8.74. The third-order valence-corrected chi connectivity index (χ3v) is 5.10. The van der Waals surface area contributed by atoms with E-state index in [2.05, 4.69) is 36.2 Å². The summed E-state index contributed by atoms with van der Waals surface area (Å²) in [4.78, 5) is 19.3. The maximum atomic E-state index is 13.4. The van der Waals surface area contributed by atoms with Crippen molar-refractivity contribution < 1.29 is 4.79 Å². The molecule has 2 aromatic heterocycles. The Labute approximate surface area is 176 Å². The molecule has 0 unspecified atom stereocenters. The van der Waals surface area contributed by atoms with Gasteiger partial charge < -0.3 is 4.90 Å². The predicted octanol–water partition coefficient (Wildman–Crippen LogP) is 4.77. The molecule has 0 aliphatic carbocycles. The number of amides is 1. The van der Waals surface area contributed by atoms with Crippen LogP contribution in [0, 0.1) is 0 Å². The Hall–Kier alpha value is -3.73. The molecule has 0 atom stereocenters. The molecule has 5 heteroatoms. The normalized spacial score (nSPS) is 10.7. The highest BCUT2D eigenvalue weighted by molar-refractivity contribution is 5.99. The molecule has 2 aromatic carbocycles. The average molecular weight is 396 g/mol. The Morgan fingerprint density at radius 2 is 1.70 bits per heavy atom. The molecule has 0 N–H and O–H groups in total. The molecular formula is C25H24N4O. The molecule has 4 rings (SSSR count). The molecule has 5 nitrogen and oxygen atoms in total. The summed E-state index contributed by atoms with van der Waals surface area (Å²) >= 11 is 0. The fourth-order valence-corrected chi connectivity index (χ4v) is 3.39. The summed E-state index contributed by atoms with van der Waals surface area (Å²) in [6.07, 6.45) is 6.25. The van der Waals surface area contributed by atoms with E-state index >= 15 is 0 Å². The smallest absolute Gasteiger partial charge is 0.257 e. The summed E-state index contributed by atoms with van der Waals surface area (Å²) in [6, 6.07) is 22.0. The topological polar surface area (TPSA) is 51.0 Å². The van der Waals surface area contributed by atoms with Gasteiger partial charge in [0.2, 0.25) is 0 Å². The first-order chi connectivity index (χ1) is 14.7. The Balaban J connectivity index is 1.67. The van der Waals surface area contributed by atoms with E-state index in [0.29, 0.717) is 17.8 Å². The van der Waals surface area contributed by atoms with Gasteiger partial charge in [0.1, 0.15) is 5.69 Å². The summed E-state index contributed by atoms with van der Waals surface area (Å²) in [7, 11) is 1.82. The van der Waals surface area contributed by atoms with Crippen molar-refractivity contribution in [3.05, 3.63) is 102 Å². The number of para-hydroxylation sites is 1. The first-order valence-electron chi connectivity index (χ1n) is 10.0. The van der Waals surface area contributed by atoms with Crippen molar-refractivity contribution in [3.63, 3.8) is 0 Å². The van der Waals surface area contributed by atoms with Crippen LogP contribution in [-0.4, -0.2) is 32.6 Å². The molecule has 0 saturated carbocycles. The Morgan fingerprint density at radius 1 is 0.967 bits per heavy atom. The number of rotatable bonds is 6. The zero-order chi connectivity index (χ0) is 20.9. The number of aryl methyl sites for hydroxylation is 1. The maximum Gasteiger partial charge on any atom is 0.257 e. The largest absolute Gasteiger partial charge is 0.337 e. The van der Waals surface area contributed by atoms with Crippen molar-refractivity contribution >= 4 is 5.91 Å². The predicted molar refractivity (Wildman–Crippen MR) is 118 cm³/mol. The van der Waals surface area contributed by atoms with Crippen molar-refractivity contribution in [2.75, 3.05) is 7.05 Å². The molecule has 0 bridgehead atoms. The fourth-order valence-electron chi connectivity index (χ4n) is 3.39. The third kappa shape index (κ3) is 4.15. The molecule has 0 aliphatic heterocycles. The standard InChI is InChI=1S/C25H24N4O/c1-3-19-11-13-20(14-12-19)17-28(2)25(30)23-18-29(22-9-5-4-6-10-22)27-24(23)21-8-7-15-26-16-21/h4-16,18H,3,17H2,1-2H3. The first kappa shape index (κ1) is 19.6. The molecule has 30 heavy (non-hydrogen) atoms. The van der Waals surface area contributed by atoms with Gasteiger partial charge in [0.25, 0.3) is 5.91 Å². The van der Waals surface area contributed by atoms with Crippen LogP contribution in [0.3, 0.4) is 0 Å².